The summed E-state index contributed by atoms with van der Waals surface area (Å²) in [4.78, 5) is 39.1. The maximum Gasteiger partial charge on any atom is 0.254 e. The number of rotatable bonds is 4. The van der Waals surface area contributed by atoms with Crippen molar-refractivity contribution in [2.75, 3.05) is 24.3 Å². The van der Waals surface area contributed by atoms with E-state index >= 15 is 0 Å². The minimum Gasteiger partial charge on any atom is -0.347 e. The standard InChI is InChI=1S/C24H26N6O2/c1-28(2)24-26-18-14-17-9-10-19(21(18)22(27-24)25-16-7-5-4-6-8-16)30(17)23(32)15-11-12-29(3)20(31)13-15/h4-8,11-13,17,19H,9-10,14H2,1-3H3,(H,25,26,27)/t17-,19+/m1/s1. The van der Waals surface area contributed by atoms with Crippen LogP contribution in [0.15, 0.2) is 53.5 Å². The second-order valence-corrected chi connectivity index (χ2v) is 8.65. The van der Waals surface area contributed by atoms with Gasteiger partial charge in [-0.2, -0.15) is 4.98 Å². The van der Waals surface area contributed by atoms with Crippen molar-refractivity contribution in [3.63, 3.8) is 0 Å². The van der Waals surface area contributed by atoms with E-state index in [4.69, 9.17) is 9.97 Å². The van der Waals surface area contributed by atoms with Crippen LogP contribution in [0.4, 0.5) is 17.5 Å². The molecule has 8 heteroatoms. The largest absolute Gasteiger partial charge is 0.347 e. The van der Waals surface area contributed by atoms with Gasteiger partial charge in [0.1, 0.15) is 5.82 Å². The molecule has 0 spiro atoms. The number of hydrogen-bond acceptors (Lipinski definition) is 6. The quantitative estimate of drug-likeness (QED) is 0.685. The molecule has 0 radical (unpaired) electrons. The Kier molecular flexibility index (Phi) is 4.92. The highest BCUT2D eigenvalue weighted by atomic mass is 16.2. The lowest BCUT2D eigenvalue weighted by molar-refractivity contribution is 0.0644. The van der Waals surface area contributed by atoms with Gasteiger partial charge in [0.15, 0.2) is 0 Å². The van der Waals surface area contributed by atoms with Gasteiger partial charge >= 0.3 is 0 Å². The molecule has 2 atom stereocenters. The van der Waals surface area contributed by atoms with Crippen LogP contribution in [0.1, 0.15) is 40.5 Å². The topological polar surface area (TPSA) is 83.4 Å². The zero-order valence-corrected chi connectivity index (χ0v) is 18.4. The molecule has 1 fully saturated rings. The summed E-state index contributed by atoms with van der Waals surface area (Å²) in [7, 11) is 5.53. The zero-order chi connectivity index (χ0) is 22.4. The van der Waals surface area contributed by atoms with Gasteiger partial charge in [0.2, 0.25) is 5.95 Å². The molecule has 2 aliphatic rings. The van der Waals surface area contributed by atoms with E-state index in [2.05, 4.69) is 5.32 Å². The monoisotopic (exact) mass is 430 g/mol. The number of pyridine rings is 1. The van der Waals surface area contributed by atoms with Crippen molar-refractivity contribution in [2.45, 2.75) is 31.3 Å². The van der Waals surface area contributed by atoms with Gasteiger partial charge in [-0.1, -0.05) is 18.2 Å². The normalized spacial score (nSPS) is 18.9. The van der Waals surface area contributed by atoms with Crippen LogP contribution >= 0.6 is 0 Å². The number of benzene rings is 1. The molecule has 8 nitrogen and oxygen atoms in total. The Morgan fingerprint density at radius 3 is 2.62 bits per heavy atom. The summed E-state index contributed by atoms with van der Waals surface area (Å²) in [5, 5.41) is 3.46. The first-order chi connectivity index (χ1) is 15.4. The highest BCUT2D eigenvalue weighted by Crippen LogP contribution is 2.47. The van der Waals surface area contributed by atoms with Crippen LogP contribution in [0.2, 0.25) is 0 Å². The summed E-state index contributed by atoms with van der Waals surface area (Å²) in [6.07, 6.45) is 4.07. The number of amides is 1. The van der Waals surface area contributed by atoms with E-state index in [1.165, 1.54) is 10.6 Å². The van der Waals surface area contributed by atoms with E-state index in [9.17, 15) is 9.59 Å². The lowest BCUT2D eigenvalue weighted by Gasteiger charge is -2.37. The summed E-state index contributed by atoms with van der Waals surface area (Å²) >= 11 is 0. The molecule has 5 rings (SSSR count). The molecule has 2 bridgehead atoms. The fourth-order valence-corrected chi connectivity index (χ4v) is 4.69. The summed E-state index contributed by atoms with van der Waals surface area (Å²) < 4.78 is 1.47. The molecule has 32 heavy (non-hydrogen) atoms. The molecule has 1 aromatic carbocycles. The summed E-state index contributed by atoms with van der Waals surface area (Å²) in [5.74, 6) is 1.27. The molecule has 1 amide bonds. The molecule has 164 valence electrons. The summed E-state index contributed by atoms with van der Waals surface area (Å²) in [5.41, 5.74) is 3.14. The predicted octanol–water partition coefficient (Wildman–Crippen LogP) is 2.89. The van der Waals surface area contributed by atoms with Crippen molar-refractivity contribution in [1.29, 1.82) is 0 Å². The van der Waals surface area contributed by atoms with Crippen LogP contribution in [0.25, 0.3) is 0 Å². The van der Waals surface area contributed by atoms with Gasteiger partial charge in [0.05, 0.1) is 11.7 Å². The van der Waals surface area contributed by atoms with Crippen molar-refractivity contribution in [3.05, 3.63) is 75.8 Å². The highest BCUT2D eigenvalue weighted by Gasteiger charge is 2.45. The summed E-state index contributed by atoms with van der Waals surface area (Å²) in [6, 6.07) is 13.0. The van der Waals surface area contributed by atoms with Crippen molar-refractivity contribution in [3.8, 4) is 0 Å². The van der Waals surface area contributed by atoms with E-state index in [1.807, 2.05) is 54.2 Å². The lowest BCUT2D eigenvalue weighted by Crippen LogP contribution is -2.43. The van der Waals surface area contributed by atoms with Crippen molar-refractivity contribution >= 4 is 23.4 Å². The van der Waals surface area contributed by atoms with Gasteiger partial charge in [0, 0.05) is 62.7 Å². The van der Waals surface area contributed by atoms with E-state index < -0.39 is 0 Å². The molecule has 2 aliphatic heterocycles. The van der Waals surface area contributed by atoms with Gasteiger partial charge < -0.3 is 19.7 Å². The maximum absolute atomic E-state index is 13.5. The van der Waals surface area contributed by atoms with E-state index in [0.717, 1.165) is 35.6 Å². The number of nitrogens with one attached hydrogen (secondary N) is 1. The first-order valence-corrected chi connectivity index (χ1v) is 10.8. The second kappa shape index (κ2) is 7.78. The van der Waals surface area contributed by atoms with Gasteiger partial charge in [-0.05, 0) is 31.0 Å². The van der Waals surface area contributed by atoms with E-state index in [-0.39, 0.29) is 23.6 Å². The second-order valence-electron chi connectivity index (χ2n) is 8.65. The van der Waals surface area contributed by atoms with Gasteiger partial charge in [-0.25, -0.2) is 4.98 Å². The first-order valence-electron chi connectivity index (χ1n) is 10.8. The van der Waals surface area contributed by atoms with Crippen molar-refractivity contribution in [2.24, 2.45) is 7.05 Å². The minimum absolute atomic E-state index is 0.0681. The Labute approximate surface area is 186 Å². The highest BCUT2D eigenvalue weighted by molar-refractivity contribution is 5.95. The third kappa shape index (κ3) is 3.41. The van der Waals surface area contributed by atoms with Gasteiger partial charge in [0.25, 0.3) is 11.5 Å². The molecule has 0 aliphatic carbocycles. The number of anilines is 3. The molecule has 4 heterocycles. The number of aryl methyl sites for hydroxylation is 1. The third-order valence-corrected chi connectivity index (χ3v) is 6.30. The molecule has 2 aromatic heterocycles. The predicted molar refractivity (Wildman–Crippen MR) is 123 cm³/mol. The molecule has 1 N–H and O–H groups in total. The number of nitrogens with zero attached hydrogens (tertiary/aromatic N) is 5. The minimum atomic E-state index is -0.189. The van der Waals surface area contributed by atoms with Crippen LogP contribution < -0.4 is 15.8 Å². The number of carbonyl (C=O) groups excluding carboxylic acids is 1. The zero-order valence-electron chi connectivity index (χ0n) is 18.4. The molecule has 0 unspecified atom stereocenters. The molecular formula is C24H26N6O2. The SMILES string of the molecule is CN(C)c1nc2c(c(Nc3ccccc3)n1)[C@@H]1CC[C@H](C2)N1C(=O)c1ccn(C)c(=O)c1. The Bertz CT molecular complexity index is 1240. The smallest absolute Gasteiger partial charge is 0.254 e. The van der Waals surface area contributed by atoms with Crippen LogP contribution in [0.5, 0.6) is 0 Å². The van der Waals surface area contributed by atoms with Gasteiger partial charge in [-0.3, -0.25) is 9.59 Å². The fraction of sp³-hybridized carbons (Fsp3) is 0.333. The Morgan fingerprint density at radius 2 is 1.91 bits per heavy atom. The maximum atomic E-state index is 13.5. The Hall–Kier alpha value is -3.68. The summed E-state index contributed by atoms with van der Waals surface area (Å²) in [6.45, 7) is 0. The molecular weight excluding hydrogens is 404 g/mol. The van der Waals surface area contributed by atoms with E-state index in [0.29, 0.717) is 17.9 Å². The van der Waals surface area contributed by atoms with Crippen molar-refractivity contribution in [1.82, 2.24) is 19.4 Å². The Morgan fingerprint density at radius 1 is 1.12 bits per heavy atom. The average Bonchev–Trinajstić information content (AvgIpc) is 3.09. The van der Waals surface area contributed by atoms with E-state index in [1.54, 1.807) is 19.3 Å². The Balaban J connectivity index is 1.58. The van der Waals surface area contributed by atoms with Crippen LogP contribution in [-0.4, -0.2) is 45.5 Å². The van der Waals surface area contributed by atoms with Crippen LogP contribution in [-0.2, 0) is 13.5 Å². The number of carbonyl (C=O) groups is 1. The van der Waals surface area contributed by atoms with Crippen molar-refractivity contribution < 1.29 is 4.79 Å². The first kappa shape index (κ1) is 20.2. The number of hydrogen-bond donors (Lipinski definition) is 1. The van der Waals surface area contributed by atoms with Gasteiger partial charge in [-0.15, -0.1) is 0 Å². The molecule has 0 saturated carbocycles. The van der Waals surface area contributed by atoms with Crippen LogP contribution in [0.3, 0.4) is 0 Å². The number of para-hydroxylation sites is 1. The number of fused-ring (bicyclic) bond motifs is 4. The fourth-order valence-electron chi connectivity index (χ4n) is 4.69. The lowest BCUT2D eigenvalue weighted by atomic mass is 9.97. The molecule has 1 saturated heterocycles. The average molecular weight is 431 g/mol. The number of aromatic nitrogens is 3. The van der Waals surface area contributed by atoms with Crippen LogP contribution in [0, 0.1) is 0 Å². The molecule has 3 aromatic rings. The third-order valence-electron chi connectivity index (χ3n) is 6.30.